The Hall–Kier alpha value is -1.80. The third-order valence-electron chi connectivity index (χ3n) is 5.06. The predicted molar refractivity (Wildman–Crippen MR) is 88.7 cm³/mol. The summed E-state index contributed by atoms with van der Waals surface area (Å²) in [6.07, 6.45) is -0.613. The monoisotopic (exact) mass is 372 g/mol. The van der Waals surface area contributed by atoms with Gasteiger partial charge in [-0.15, -0.1) is 0 Å². The van der Waals surface area contributed by atoms with Crippen LogP contribution in [0.2, 0.25) is 0 Å². The van der Waals surface area contributed by atoms with Crippen molar-refractivity contribution in [3.05, 3.63) is 29.3 Å². The number of alkyl halides is 3. The minimum absolute atomic E-state index is 0.0371. The second kappa shape index (κ2) is 7.44. The lowest BCUT2D eigenvalue weighted by Gasteiger charge is -2.43. The molecule has 0 atom stereocenters. The highest BCUT2D eigenvalue weighted by Gasteiger charge is 2.37. The predicted octanol–water partition coefficient (Wildman–Crippen LogP) is 2.83. The van der Waals surface area contributed by atoms with Crippen molar-refractivity contribution in [3.63, 3.8) is 0 Å². The molecule has 1 aromatic carbocycles. The number of hydrogen-bond acceptors (Lipinski definition) is 4. The largest absolute Gasteiger partial charge is 0.508 e. The zero-order chi connectivity index (χ0) is 18.9. The Morgan fingerprint density at radius 1 is 1.23 bits per heavy atom. The fourth-order valence-corrected chi connectivity index (χ4v) is 3.40. The zero-order valence-corrected chi connectivity index (χ0v) is 14.3. The van der Waals surface area contributed by atoms with Gasteiger partial charge in [-0.25, -0.2) is 0 Å². The number of carboxylic acid groups (broad SMARTS) is 1. The Morgan fingerprint density at radius 2 is 1.92 bits per heavy atom. The van der Waals surface area contributed by atoms with Gasteiger partial charge in [-0.1, -0.05) is 0 Å². The Labute approximate surface area is 149 Å². The Bertz CT molecular complexity index is 656. The molecule has 0 bridgehead atoms. The van der Waals surface area contributed by atoms with Gasteiger partial charge in [0.1, 0.15) is 5.75 Å². The molecule has 0 spiro atoms. The van der Waals surface area contributed by atoms with Gasteiger partial charge < -0.3 is 15.5 Å². The van der Waals surface area contributed by atoms with Gasteiger partial charge in [0.05, 0.1) is 12.1 Å². The van der Waals surface area contributed by atoms with Crippen molar-refractivity contribution in [3.8, 4) is 5.75 Å². The molecule has 3 rings (SSSR count). The molecule has 2 fully saturated rings. The highest BCUT2D eigenvalue weighted by molar-refractivity contribution is 5.69. The molecule has 0 aromatic heterocycles. The van der Waals surface area contributed by atoms with Crippen molar-refractivity contribution < 1.29 is 28.2 Å². The molecular weight excluding hydrogens is 349 g/mol. The highest BCUT2D eigenvalue weighted by Crippen LogP contribution is 2.34. The quantitative estimate of drug-likeness (QED) is 0.655. The lowest BCUT2D eigenvalue weighted by molar-refractivity contribution is -0.140. The lowest BCUT2D eigenvalue weighted by Crippen LogP contribution is -2.54. The summed E-state index contributed by atoms with van der Waals surface area (Å²) in [5.41, 5.74) is -0.487. The molecule has 2 aliphatic rings. The van der Waals surface area contributed by atoms with Crippen LogP contribution in [0.25, 0.3) is 0 Å². The van der Waals surface area contributed by atoms with Crippen LogP contribution in [-0.4, -0.2) is 46.3 Å². The minimum atomic E-state index is -4.49. The number of carbonyl (C=O) groups is 1. The van der Waals surface area contributed by atoms with Crippen LogP contribution < -0.4 is 5.32 Å². The van der Waals surface area contributed by atoms with Gasteiger partial charge in [-0.3, -0.25) is 9.69 Å². The number of phenolic OH excluding ortho intramolecular Hbond substituents is 1. The molecule has 3 N–H and O–H groups in total. The summed E-state index contributed by atoms with van der Waals surface area (Å²) in [4.78, 5) is 13.0. The molecule has 0 amide bonds. The number of phenols is 1. The van der Waals surface area contributed by atoms with Crippen LogP contribution in [0.1, 0.15) is 36.8 Å². The molecule has 26 heavy (non-hydrogen) atoms. The normalized spacial score (nSPS) is 23.1. The van der Waals surface area contributed by atoms with Crippen LogP contribution in [0.15, 0.2) is 18.2 Å². The van der Waals surface area contributed by atoms with Gasteiger partial charge in [0.2, 0.25) is 0 Å². The second-order valence-electron chi connectivity index (χ2n) is 7.36. The maximum atomic E-state index is 12.8. The molecule has 144 valence electrons. The van der Waals surface area contributed by atoms with Crippen LogP contribution in [-0.2, 0) is 17.5 Å². The van der Waals surface area contributed by atoms with Crippen molar-refractivity contribution in [2.75, 3.05) is 13.1 Å². The Morgan fingerprint density at radius 3 is 2.50 bits per heavy atom. The standard InChI is InChI=1S/C18H23F3N2O3/c19-18(20,21)13-3-12(4-16(24)5-13)8-22-14-6-15(7-14)23(10-17(25)26)9-11-1-2-11/h3-5,11,14-15,22,24H,1-2,6-10H2,(H,25,26). The fourth-order valence-electron chi connectivity index (χ4n) is 3.40. The van der Waals surface area contributed by atoms with E-state index in [9.17, 15) is 23.1 Å². The molecule has 0 radical (unpaired) electrons. The topological polar surface area (TPSA) is 72.8 Å². The van der Waals surface area contributed by atoms with Gasteiger partial charge in [0.15, 0.2) is 0 Å². The van der Waals surface area contributed by atoms with Gasteiger partial charge in [0, 0.05) is 25.2 Å². The highest BCUT2D eigenvalue weighted by atomic mass is 19.4. The minimum Gasteiger partial charge on any atom is -0.508 e. The number of aliphatic carboxylic acids is 1. The van der Waals surface area contributed by atoms with Gasteiger partial charge in [-0.05, 0) is 55.4 Å². The number of benzene rings is 1. The number of rotatable bonds is 8. The van der Waals surface area contributed by atoms with Crippen LogP contribution >= 0.6 is 0 Å². The van der Waals surface area contributed by atoms with Crippen LogP contribution in [0.4, 0.5) is 13.2 Å². The summed E-state index contributed by atoms with van der Waals surface area (Å²) in [5, 5.41) is 21.7. The molecule has 0 heterocycles. The molecular formula is C18H23F3N2O3. The average molecular weight is 372 g/mol. The van der Waals surface area contributed by atoms with Crippen LogP contribution in [0.3, 0.4) is 0 Å². The van der Waals surface area contributed by atoms with E-state index in [1.54, 1.807) is 0 Å². The number of hydrogen-bond donors (Lipinski definition) is 3. The van der Waals surface area contributed by atoms with E-state index in [0.717, 1.165) is 38.3 Å². The Kier molecular flexibility index (Phi) is 5.43. The maximum absolute atomic E-state index is 12.8. The molecule has 8 heteroatoms. The molecule has 2 aliphatic carbocycles. The summed E-state index contributed by atoms with van der Waals surface area (Å²) in [6.45, 7) is 1.08. The fraction of sp³-hybridized carbons (Fsp3) is 0.611. The van der Waals surface area contributed by atoms with Crippen molar-refractivity contribution in [2.24, 2.45) is 5.92 Å². The second-order valence-corrected chi connectivity index (χ2v) is 7.36. The van der Waals surface area contributed by atoms with E-state index < -0.39 is 23.5 Å². The molecule has 1 aromatic rings. The number of halogens is 3. The van der Waals surface area contributed by atoms with E-state index in [-0.39, 0.29) is 25.2 Å². The number of aromatic hydroxyl groups is 1. The summed E-state index contributed by atoms with van der Waals surface area (Å²) in [6, 6.07) is 3.42. The van der Waals surface area contributed by atoms with Gasteiger partial charge in [0.25, 0.3) is 0 Å². The third-order valence-corrected chi connectivity index (χ3v) is 5.06. The van der Waals surface area contributed by atoms with Gasteiger partial charge in [-0.2, -0.15) is 13.2 Å². The lowest BCUT2D eigenvalue weighted by atomic mass is 9.85. The van der Waals surface area contributed by atoms with E-state index >= 15 is 0 Å². The first-order valence-electron chi connectivity index (χ1n) is 8.80. The molecule has 0 aliphatic heterocycles. The summed E-state index contributed by atoms with van der Waals surface area (Å²) in [5.74, 6) is -0.629. The third kappa shape index (κ3) is 5.11. The van der Waals surface area contributed by atoms with E-state index in [2.05, 4.69) is 5.32 Å². The van der Waals surface area contributed by atoms with Crippen molar-refractivity contribution in [1.29, 1.82) is 0 Å². The van der Waals surface area contributed by atoms with Crippen LogP contribution in [0, 0.1) is 5.92 Å². The van der Waals surface area contributed by atoms with Crippen molar-refractivity contribution in [2.45, 2.75) is 50.5 Å². The average Bonchev–Trinajstić information content (AvgIpc) is 3.27. The molecule has 0 unspecified atom stereocenters. The first-order valence-corrected chi connectivity index (χ1v) is 8.80. The number of nitrogens with zero attached hydrogens (tertiary/aromatic N) is 1. The summed E-state index contributed by atoms with van der Waals surface area (Å²) < 4.78 is 38.4. The summed E-state index contributed by atoms with van der Waals surface area (Å²) >= 11 is 0. The SMILES string of the molecule is O=C(O)CN(CC1CC1)C1CC(NCc2cc(O)cc(C(F)(F)F)c2)C1. The van der Waals surface area contributed by atoms with E-state index in [0.29, 0.717) is 17.5 Å². The first kappa shape index (κ1) is 19.0. The van der Waals surface area contributed by atoms with E-state index in [1.165, 1.54) is 6.07 Å². The van der Waals surface area contributed by atoms with Crippen molar-refractivity contribution in [1.82, 2.24) is 10.2 Å². The maximum Gasteiger partial charge on any atom is 0.416 e. The molecule has 0 saturated heterocycles. The van der Waals surface area contributed by atoms with E-state index in [1.807, 2.05) is 4.90 Å². The Balaban J connectivity index is 1.49. The van der Waals surface area contributed by atoms with Crippen molar-refractivity contribution >= 4 is 5.97 Å². The molecule has 2 saturated carbocycles. The zero-order valence-electron chi connectivity index (χ0n) is 14.3. The number of nitrogens with one attached hydrogen (secondary N) is 1. The summed E-state index contributed by atoms with van der Waals surface area (Å²) in [7, 11) is 0. The molecule has 5 nitrogen and oxygen atoms in total. The van der Waals surface area contributed by atoms with E-state index in [4.69, 9.17) is 5.11 Å². The number of carboxylic acids is 1. The van der Waals surface area contributed by atoms with Gasteiger partial charge >= 0.3 is 12.1 Å². The first-order chi connectivity index (χ1) is 12.2. The van der Waals surface area contributed by atoms with Crippen LogP contribution in [0.5, 0.6) is 5.75 Å². The smallest absolute Gasteiger partial charge is 0.416 e.